The molecule has 3 N–H and O–H groups in total. The van der Waals surface area contributed by atoms with Crippen LogP contribution in [0.4, 0.5) is 0 Å². The van der Waals surface area contributed by atoms with Crippen molar-refractivity contribution in [3.63, 3.8) is 0 Å². The van der Waals surface area contributed by atoms with E-state index in [0.717, 1.165) is 18.6 Å². The lowest BCUT2D eigenvalue weighted by atomic mass is 10.4. The maximum atomic E-state index is 10.6. The first-order chi connectivity index (χ1) is 6.87. The number of rotatable bonds is 8. The molecule has 1 unspecified atom stereocenters. The Labute approximate surface area is 93.3 Å². The third kappa shape index (κ3) is 8.67. The van der Waals surface area contributed by atoms with E-state index < -0.39 is 22.3 Å². The second-order valence-electron chi connectivity index (χ2n) is 2.91. The number of hydrogen-bond acceptors (Lipinski definition) is 4. The molecule has 0 aliphatic carbocycles. The van der Waals surface area contributed by atoms with Gasteiger partial charge in [-0.3, -0.25) is 9.35 Å². The van der Waals surface area contributed by atoms with Crippen molar-refractivity contribution in [2.75, 3.05) is 11.5 Å². The van der Waals surface area contributed by atoms with E-state index in [4.69, 9.17) is 9.66 Å². The van der Waals surface area contributed by atoms with Crippen LogP contribution in [-0.4, -0.2) is 41.6 Å². The van der Waals surface area contributed by atoms with Gasteiger partial charge in [0.2, 0.25) is 0 Å². The Kier molecular flexibility index (Phi) is 6.90. The van der Waals surface area contributed by atoms with Gasteiger partial charge in [0.25, 0.3) is 0 Å². The van der Waals surface area contributed by atoms with Crippen LogP contribution in [0, 0.1) is 0 Å². The summed E-state index contributed by atoms with van der Waals surface area (Å²) in [5.41, 5.74) is 0. The highest BCUT2D eigenvalue weighted by Crippen LogP contribution is 2.07. The van der Waals surface area contributed by atoms with Gasteiger partial charge in [-0.05, 0) is 12.2 Å². The van der Waals surface area contributed by atoms with Crippen molar-refractivity contribution in [1.29, 1.82) is 0 Å². The van der Waals surface area contributed by atoms with E-state index in [1.165, 1.54) is 11.8 Å². The molecule has 0 aromatic heterocycles. The smallest absolute Gasteiger partial charge is 0.334 e. The highest BCUT2D eigenvalue weighted by Gasteiger charge is 2.21. The summed E-state index contributed by atoms with van der Waals surface area (Å²) in [5, 5.41) is 8.64. The summed E-state index contributed by atoms with van der Waals surface area (Å²) in [6.07, 6.45) is 1.94. The monoisotopic (exact) mass is 257 g/mol. The van der Waals surface area contributed by atoms with Crippen LogP contribution in [0.5, 0.6) is 0 Å². The predicted octanol–water partition coefficient (Wildman–Crippen LogP) is 0.365. The van der Waals surface area contributed by atoms with E-state index in [0.29, 0.717) is 0 Å². The zero-order valence-electron chi connectivity index (χ0n) is 8.34. The fourth-order valence-electron chi connectivity index (χ4n) is 0.783. The normalized spacial score (nSPS) is 13.7. The molecule has 0 aromatic carbocycles. The molecule has 0 aliphatic rings. The molecule has 6 nitrogen and oxygen atoms in total. The zero-order valence-corrected chi connectivity index (χ0v) is 9.97. The fourth-order valence-corrected chi connectivity index (χ4v) is 2.55. The van der Waals surface area contributed by atoms with Gasteiger partial charge >= 0.3 is 16.3 Å². The van der Waals surface area contributed by atoms with Crippen molar-refractivity contribution in [3.05, 3.63) is 0 Å². The molecule has 0 amide bonds. The molecular formula is C7H15NO5S2. The molecule has 0 aromatic rings. The minimum absolute atomic E-state index is 0.106. The van der Waals surface area contributed by atoms with Crippen molar-refractivity contribution < 1.29 is 22.9 Å². The van der Waals surface area contributed by atoms with Crippen LogP contribution >= 0.6 is 11.8 Å². The molecule has 0 saturated carbocycles. The van der Waals surface area contributed by atoms with Crippen molar-refractivity contribution in [2.24, 2.45) is 0 Å². The second-order valence-corrected chi connectivity index (χ2v) is 5.25. The summed E-state index contributed by atoms with van der Waals surface area (Å²) in [7, 11) is -4.46. The molecule has 15 heavy (non-hydrogen) atoms. The molecule has 0 fully saturated rings. The molecule has 0 spiro atoms. The highest BCUT2D eigenvalue weighted by molar-refractivity contribution is 7.99. The summed E-state index contributed by atoms with van der Waals surface area (Å²) in [6.45, 7) is 2.01. The molecule has 0 aliphatic heterocycles. The number of carboxylic acid groups (broad SMARTS) is 1. The van der Waals surface area contributed by atoms with Crippen LogP contribution in [0.15, 0.2) is 0 Å². The van der Waals surface area contributed by atoms with Gasteiger partial charge in [0.1, 0.15) is 6.04 Å². The molecular weight excluding hydrogens is 242 g/mol. The van der Waals surface area contributed by atoms with Crippen LogP contribution in [0.2, 0.25) is 0 Å². The van der Waals surface area contributed by atoms with Crippen LogP contribution < -0.4 is 4.72 Å². The first-order valence-corrected chi connectivity index (χ1v) is 7.01. The first-order valence-electron chi connectivity index (χ1n) is 4.42. The number of carboxylic acids is 1. The maximum absolute atomic E-state index is 10.6. The molecule has 0 bridgehead atoms. The Morgan fingerprint density at radius 1 is 1.53 bits per heavy atom. The number of hydrogen-bond donors (Lipinski definition) is 3. The zero-order chi connectivity index (χ0) is 11.9. The van der Waals surface area contributed by atoms with Crippen molar-refractivity contribution >= 4 is 28.0 Å². The van der Waals surface area contributed by atoms with Crippen LogP contribution in [0.3, 0.4) is 0 Å². The summed E-state index contributed by atoms with van der Waals surface area (Å²) >= 11 is 1.34. The van der Waals surface area contributed by atoms with Gasteiger partial charge in [-0.15, -0.1) is 0 Å². The average molecular weight is 257 g/mol. The molecule has 8 heteroatoms. The number of aliphatic carboxylic acids is 1. The Balaban J connectivity index is 4.01. The average Bonchev–Trinajstić information content (AvgIpc) is 2.08. The molecule has 1 atom stereocenters. The lowest BCUT2D eigenvalue weighted by Gasteiger charge is -2.11. The van der Waals surface area contributed by atoms with Gasteiger partial charge in [-0.25, -0.2) is 0 Å². The topological polar surface area (TPSA) is 104 Å². The van der Waals surface area contributed by atoms with E-state index in [9.17, 15) is 13.2 Å². The SMILES string of the molecule is CCCCSCC(NS(=O)(=O)O)C(=O)O. The van der Waals surface area contributed by atoms with Crippen LogP contribution in [-0.2, 0) is 15.1 Å². The lowest BCUT2D eigenvalue weighted by Crippen LogP contribution is -2.42. The predicted molar refractivity (Wildman–Crippen MR) is 58.3 cm³/mol. The third-order valence-electron chi connectivity index (χ3n) is 1.52. The highest BCUT2D eigenvalue weighted by atomic mass is 32.2. The quantitative estimate of drug-likeness (QED) is 0.428. The largest absolute Gasteiger partial charge is 0.480 e. The summed E-state index contributed by atoms with van der Waals surface area (Å²) < 4.78 is 30.9. The second kappa shape index (κ2) is 7.04. The Bertz CT molecular complexity index is 290. The molecule has 90 valence electrons. The summed E-state index contributed by atoms with van der Waals surface area (Å²) in [6, 6.07) is -1.28. The van der Waals surface area contributed by atoms with Gasteiger partial charge in [-0.1, -0.05) is 13.3 Å². The maximum Gasteiger partial charge on any atom is 0.334 e. The molecule has 0 heterocycles. The number of carbonyl (C=O) groups is 1. The Morgan fingerprint density at radius 3 is 2.53 bits per heavy atom. The molecule has 0 rings (SSSR count). The van der Waals surface area contributed by atoms with Crippen molar-refractivity contribution in [2.45, 2.75) is 25.8 Å². The molecule has 0 radical (unpaired) electrons. The first kappa shape index (κ1) is 14.7. The number of unbranched alkanes of at least 4 members (excludes halogenated alkanes) is 1. The summed E-state index contributed by atoms with van der Waals surface area (Å²) in [4.78, 5) is 10.6. The van der Waals surface area contributed by atoms with Gasteiger partial charge in [0, 0.05) is 5.75 Å². The number of nitrogens with one attached hydrogen (secondary N) is 1. The standard InChI is InChI=1S/C7H15NO5S2/c1-2-3-4-14-5-6(7(9)10)8-15(11,12)13/h6,8H,2-5H2,1H3,(H,9,10)(H,11,12,13). The number of thioether (sulfide) groups is 1. The lowest BCUT2D eigenvalue weighted by molar-refractivity contribution is -0.138. The van der Waals surface area contributed by atoms with E-state index in [1.807, 2.05) is 6.92 Å². The van der Waals surface area contributed by atoms with Gasteiger partial charge in [0.15, 0.2) is 0 Å². The minimum atomic E-state index is -4.46. The van der Waals surface area contributed by atoms with Gasteiger partial charge in [0.05, 0.1) is 0 Å². The third-order valence-corrected chi connectivity index (χ3v) is 3.24. The van der Waals surface area contributed by atoms with E-state index in [-0.39, 0.29) is 5.75 Å². The van der Waals surface area contributed by atoms with E-state index >= 15 is 0 Å². The summed E-state index contributed by atoms with van der Waals surface area (Å²) in [5.74, 6) is -0.417. The van der Waals surface area contributed by atoms with Gasteiger partial charge in [-0.2, -0.15) is 24.9 Å². The van der Waals surface area contributed by atoms with Crippen molar-refractivity contribution in [3.8, 4) is 0 Å². The van der Waals surface area contributed by atoms with E-state index in [1.54, 1.807) is 4.72 Å². The molecule has 0 saturated heterocycles. The van der Waals surface area contributed by atoms with Crippen molar-refractivity contribution in [1.82, 2.24) is 4.72 Å². The minimum Gasteiger partial charge on any atom is -0.480 e. The van der Waals surface area contributed by atoms with Gasteiger partial charge < -0.3 is 5.11 Å². The fraction of sp³-hybridized carbons (Fsp3) is 0.857. The van der Waals surface area contributed by atoms with Crippen LogP contribution in [0.25, 0.3) is 0 Å². The Hall–Kier alpha value is -0.310. The van der Waals surface area contributed by atoms with E-state index in [2.05, 4.69) is 0 Å². The van der Waals surface area contributed by atoms with Crippen LogP contribution in [0.1, 0.15) is 19.8 Å². The Morgan fingerprint density at radius 2 is 2.13 bits per heavy atom.